The number of hydrogen-bond acceptors (Lipinski definition) is 7. The first-order chi connectivity index (χ1) is 17.4. The van der Waals surface area contributed by atoms with Crippen molar-refractivity contribution >= 4 is 29.3 Å². The molecule has 2 aromatic carbocycles. The van der Waals surface area contributed by atoms with E-state index in [0.29, 0.717) is 54.7 Å². The van der Waals surface area contributed by atoms with E-state index in [4.69, 9.17) is 42.2 Å². The van der Waals surface area contributed by atoms with E-state index in [1.54, 1.807) is 6.07 Å². The molecule has 1 atom stereocenters. The van der Waals surface area contributed by atoms with Crippen molar-refractivity contribution in [2.45, 2.75) is 18.9 Å². The van der Waals surface area contributed by atoms with Gasteiger partial charge in [-0.1, -0.05) is 35.3 Å². The lowest BCUT2D eigenvalue weighted by Crippen LogP contribution is -2.31. The highest BCUT2D eigenvalue weighted by atomic mass is 35.5. The van der Waals surface area contributed by atoms with Crippen LogP contribution < -0.4 is 5.32 Å². The van der Waals surface area contributed by atoms with Crippen LogP contribution in [0.2, 0.25) is 10.0 Å². The molecule has 0 saturated carbocycles. The first-order valence-corrected chi connectivity index (χ1v) is 12.4. The molecule has 1 aliphatic rings. The highest BCUT2D eigenvalue weighted by Crippen LogP contribution is 2.39. The average molecular weight is 535 g/mol. The number of fused-ring (bicyclic) bond motifs is 1. The molecule has 1 aliphatic heterocycles. The molecule has 2 heterocycles. The fourth-order valence-corrected chi connectivity index (χ4v) is 4.77. The Morgan fingerprint density at radius 1 is 1.17 bits per heavy atom. The number of likely N-dealkylation sites (N-methyl/N-ethyl adjacent to an activating group) is 1. The summed E-state index contributed by atoms with van der Waals surface area (Å²) in [5, 5.41) is 20.4. The number of halogens is 2. The summed E-state index contributed by atoms with van der Waals surface area (Å²) in [5.74, 6) is 1.06. The summed E-state index contributed by atoms with van der Waals surface area (Å²) in [5.41, 5.74) is 4.22. The number of nitrogens with one attached hydrogen (secondary N) is 1. The molecular formula is C25H28Cl2N4O5. The van der Waals surface area contributed by atoms with Gasteiger partial charge in [0.25, 0.3) is 0 Å². The fourth-order valence-electron chi connectivity index (χ4n) is 4.20. The second-order valence-electron chi connectivity index (χ2n) is 8.54. The van der Waals surface area contributed by atoms with Gasteiger partial charge in [-0.15, -0.1) is 10.2 Å². The Morgan fingerprint density at radius 3 is 2.78 bits per heavy atom. The van der Waals surface area contributed by atoms with Gasteiger partial charge in [0.05, 0.1) is 26.4 Å². The number of benzene rings is 2. The monoisotopic (exact) mass is 534 g/mol. The van der Waals surface area contributed by atoms with Crippen molar-refractivity contribution in [3.05, 3.63) is 69.0 Å². The SMILES string of the molecule is CN1Cc2c(Cl)cc(Cl)cc2[C@H](c2cccc(-c3nnc(CCOCCOCCNC(=O)O)o3)c2)C1. The minimum Gasteiger partial charge on any atom is -0.465 e. The first kappa shape index (κ1) is 26.4. The third-order valence-corrected chi connectivity index (χ3v) is 6.41. The predicted octanol–water partition coefficient (Wildman–Crippen LogP) is 4.46. The summed E-state index contributed by atoms with van der Waals surface area (Å²) in [6.45, 7) is 3.34. The molecule has 4 rings (SSSR count). The van der Waals surface area contributed by atoms with E-state index < -0.39 is 6.09 Å². The van der Waals surface area contributed by atoms with Gasteiger partial charge in [0.2, 0.25) is 11.8 Å². The lowest BCUT2D eigenvalue weighted by molar-refractivity contribution is 0.0486. The number of ether oxygens (including phenoxy) is 2. The summed E-state index contributed by atoms with van der Waals surface area (Å²) in [6.07, 6.45) is -0.590. The van der Waals surface area contributed by atoms with E-state index in [1.807, 2.05) is 18.2 Å². The van der Waals surface area contributed by atoms with Crippen molar-refractivity contribution in [3.63, 3.8) is 0 Å². The molecule has 0 aliphatic carbocycles. The zero-order valence-electron chi connectivity index (χ0n) is 19.9. The first-order valence-electron chi connectivity index (χ1n) is 11.6. The minimum absolute atomic E-state index is 0.118. The van der Waals surface area contributed by atoms with Crippen LogP contribution in [-0.4, -0.2) is 72.9 Å². The molecule has 0 radical (unpaired) electrons. The van der Waals surface area contributed by atoms with Gasteiger partial charge < -0.3 is 29.2 Å². The summed E-state index contributed by atoms with van der Waals surface area (Å²) < 4.78 is 16.7. The van der Waals surface area contributed by atoms with E-state index in [0.717, 1.165) is 35.3 Å². The average Bonchev–Trinajstić information content (AvgIpc) is 3.32. The van der Waals surface area contributed by atoms with Crippen LogP contribution in [0.25, 0.3) is 11.5 Å². The third kappa shape index (κ3) is 6.96. The van der Waals surface area contributed by atoms with Crippen LogP contribution in [0.1, 0.15) is 28.5 Å². The molecule has 1 aromatic heterocycles. The van der Waals surface area contributed by atoms with Crippen LogP contribution in [0.15, 0.2) is 40.8 Å². The summed E-state index contributed by atoms with van der Waals surface area (Å²) in [7, 11) is 2.08. The molecule has 0 bridgehead atoms. The van der Waals surface area contributed by atoms with E-state index >= 15 is 0 Å². The van der Waals surface area contributed by atoms with Gasteiger partial charge in [0.15, 0.2) is 0 Å². The number of hydrogen-bond donors (Lipinski definition) is 2. The Balaban J connectivity index is 1.34. The summed E-state index contributed by atoms with van der Waals surface area (Å²) >= 11 is 12.8. The van der Waals surface area contributed by atoms with Crippen LogP contribution in [-0.2, 0) is 22.4 Å². The zero-order valence-corrected chi connectivity index (χ0v) is 21.4. The molecule has 0 spiro atoms. The van der Waals surface area contributed by atoms with Crippen LogP contribution in [0.3, 0.4) is 0 Å². The number of rotatable bonds is 11. The number of carbonyl (C=O) groups is 1. The Hall–Kier alpha value is -2.69. The third-order valence-electron chi connectivity index (χ3n) is 5.85. The maximum absolute atomic E-state index is 10.3. The molecule has 0 saturated heterocycles. The van der Waals surface area contributed by atoms with Gasteiger partial charge in [0.1, 0.15) is 0 Å². The number of carboxylic acid groups (broad SMARTS) is 1. The Kier molecular flexibility index (Phi) is 9.17. The van der Waals surface area contributed by atoms with Crippen LogP contribution in [0, 0.1) is 0 Å². The van der Waals surface area contributed by atoms with Crippen molar-refractivity contribution in [1.82, 2.24) is 20.4 Å². The second kappa shape index (κ2) is 12.5. The molecule has 1 amide bonds. The molecule has 2 N–H and O–H groups in total. The van der Waals surface area contributed by atoms with Crippen LogP contribution in [0.4, 0.5) is 4.79 Å². The second-order valence-corrected chi connectivity index (χ2v) is 9.38. The number of aromatic nitrogens is 2. The molecular weight excluding hydrogens is 507 g/mol. The van der Waals surface area contributed by atoms with Gasteiger partial charge in [-0.2, -0.15) is 0 Å². The normalized spacial score (nSPS) is 15.6. The summed E-state index contributed by atoms with van der Waals surface area (Å²) in [4.78, 5) is 12.6. The minimum atomic E-state index is -1.07. The van der Waals surface area contributed by atoms with E-state index in [-0.39, 0.29) is 12.5 Å². The summed E-state index contributed by atoms with van der Waals surface area (Å²) in [6, 6.07) is 11.9. The molecule has 0 unspecified atom stereocenters. The highest BCUT2D eigenvalue weighted by molar-refractivity contribution is 6.35. The Bertz CT molecular complexity index is 1190. The number of nitrogens with zero attached hydrogens (tertiary/aromatic N) is 3. The zero-order chi connectivity index (χ0) is 25.5. The van der Waals surface area contributed by atoms with Crippen molar-refractivity contribution < 1.29 is 23.8 Å². The maximum Gasteiger partial charge on any atom is 0.404 e. The molecule has 11 heteroatoms. The van der Waals surface area contributed by atoms with E-state index in [2.05, 4.69) is 39.6 Å². The highest BCUT2D eigenvalue weighted by Gasteiger charge is 2.27. The van der Waals surface area contributed by atoms with Crippen molar-refractivity contribution in [2.75, 3.05) is 46.6 Å². The predicted molar refractivity (Wildman–Crippen MR) is 136 cm³/mol. The number of amides is 1. The fraction of sp³-hybridized carbons (Fsp3) is 0.400. The molecule has 9 nitrogen and oxygen atoms in total. The Morgan fingerprint density at radius 2 is 1.97 bits per heavy atom. The molecule has 192 valence electrons. The quantitative estimate of drug-likeness (QED) is 0.347. The van der Waals surface area contributed by atoms with Gasteiger partial charge >= 0.3 is 6.09 Å². The Labute approximate surface area is 219 Å². The molecule has 0 fully saturated rings. The van der Waals surface area contributed by atoms with Gasteiger partial charge in [-0.05, 0) is 48.0 Å². The van der Waals surface area contributed by atoms with Gasteiger partial charge in [-0.25, -0.2) is 4.79 Å². The van der Waals surface area contributed by atoms with Crippen molar-refractivity contribution in [2.24, 2.45) is 0 Å². The standard InChI is InChI=1S/C25H28Cl2N4O5/c1-31-14-20(19-12-18(26)13-22(27)21(19)15-31)16-3-2-4-17(11-16)24-30-29-23(36-24)5-7-34-9-10-35-8-6-28-25(32)33/h2-4,11-13,20,28H,5-10,14-15H2,1H3,(H,32,33)/t20-/m0/s1. The smallest absolute Gasteiger partial charge is 0.404 e. The molecule has 3 aromatic rings. The maximum atomic E-state index is 10.3. The topological polar surface area (TPSA) is 110 Å². The largest absolute Gasteiger partial charge is 0.465 e. The van der Waals surface area contributed by atoms with E-state index in [9.17, 15) is 4.79 Å². The molecule has 36 heavy (non-hydrogen) atoms. The van der Waals surface area contributed by atoms with Crippen molar-refractivity contribution in [3.8, 4) is 11.5 Å². The lowest BCUT2D eigenvalue weighted by atomic mass is 9.84. The van der Waals surface area contributed by atoms with Crippen LogP contribution >= 0.6 is 23.2 Å². The lowest BCUT2D eigenvalue weighted by Gasteiger charge is -2.33. The van der Waals surface area contributed by atoms with Crippen LogP contribution in [0.5, 0.6) is 0 Å². The van der Waals surface area contributed by atoms with Crippen molar-refractivity contribution in [1.29, 1.82) is 0 Å². The van der Waals surface area contributed by atoms with E-state index in [1.165, 1.54) is 0 Å². The van der Waals surface area contributed by atoms with Gasteiger partial charge in [0, 0.05) is 47.6 Å². The van der Waals surface area contributed by atoms with Gasteiger partial charge in [-0.3, -0.25) is 0 Å².